The number of ketones is 1. The zero-order chi connectivity index (χ0) is 27.1. The lowest BCUT2D eigenvalue weighted by atomic mass is 9.99. The number of hydrogen-bond acceptors (Lipinski definition) is 4. The van der Waals surface area contributed by atoms with Crippen LogP contribution in [0.5, 0.6) is 0 Å². The molecule has 0 saturated heterocycles. The molecule has 0 spiro atoms. The van der Waals surface area contributed by atoms with Crippen molar-refractivity contribution in [3.05, 3.63) is 70.5 Å². The van der Waals surface area contributed by atoms with E-state index in [2.05, 4.69) is 10.3 Å². The minimum Gasteiger partial charge on any atom is -0.477 e. The van der Waals surface area contributed by atoms with Crippen LogP contribution >= 0.6 is 0 Å². The summed E-state index contributed by atoms with van der Waals surface area (Å²) in [5, 5.41) is 12.8. The van der Waals surface area contributed by atoms with Crippen molar-refractivity contribution >= 4 is 39.5 Å². The summed E-state index contributed by atoms with van der Waals surface area (Å²) in [6.07, 6.45) is -3.58. The second-order valence-corrected chi connectivity index (χ2v) is 8.92. The molecule has 1 unspecified atom stereocenters. The monoisotopic (exact) mass is 513 g/mol. The highest BCUT2D eigenvalue weighted by Crippen LogP contribution is 2.31. The van der Waals surface area contributed by atoms with Gasteiger partial charge >= 0.3 is 12.1 Å². The van der Waals surface area contributed by atoms with Crippen molar-refractivity contribution in [2.24, 2.45) is 5.92 Å². The van der Waals surface area contributed by atoms with Gasteiger partial charge in [-0.15, -0.1) is 0 Å². The van der Waals surface area contributed by atoms with Gasteiger partial charge in [0.1, 0.15) is 12.1 Å². The molecule has 1 amide bonds. The van der Waals surface area contributed by atoms with Gasteiger partial charge in [0.2, 0.25) is 5.91 Å². The molecule has 1 atom stereocenters. The number of aromatic amines is 1. The zero-order valence-electron chi connectivity index (χ0n) is 19.7. The Morgan fingerprint density at radius 3 is 2.32 bits per heavy atom. The van der Waals surface area contributed by atoms with E-state index in [-0.39, 0.29) is 5.52 Å². The Kier molecular flexibility index (Phi) is 6.64. The highest BCUT2D eigenvalue weighted by atomic mass is 19.4. The first-order chi connectivity index (χ1) is 17.4. The smallest absolute Gasteiger partial charge is 0.452 e. The van der Waals surface area contributed by atoms with Crippen LogP contribution in [0, 0.1) is 5.92 Å². The Morgan fingerprint density at radius 1 is 1.05 bits per heavy atom. The van der Waals surface area contributed by atoms with Crippen LogP contribution in [0.4, 0.5) is 13.2 Å². The summed E-state index contributed by atoms with van der Waals surface area (Å²) < 4.78 is 40.6. The first-order valence-corrected chi connectivity index (χ1v) is 11.3. The van der Waals surface area contributed by atoms with E-state index in [9.17, 15) is 37.5 Å². The summed E-state index contributed by atoms with van der Waals surface area (Å²) in [7, 11) is 0. The zero-order valence-corrected chi connectivity index (χ0v) is 19.7. The van der Waals surface area contributed by atoms with Crippen molar-refractivity contribution in [2.75, 3.05) is 0 Å². The predicted molar refractivity (Wildman–Crippen MR) is 130 cm³/mol. The number of carboxylic acid groups (broad SMARTS) is 1. The van der Waals surface area contributed by atoms with E-state index >= 15 is 0 Å². The number of Topliss-reactive ketones (excluding diaryl/α,β-unsaturated/α-hetero) is 1. The molecule has 37 heavy (non-hydrogen) atoms. The number of rotatable bonds is 7. The van der Waals surface area contributed by atoms with Gasteiger partial charge in [0.15, 0.2) is 5.43 Å². The number of H-pyrrole nitrogens is 1. The van der Waals surface area contributed by atoms with Crippen LogP contribution in [0.1, 0.15) is 24.2 Å². The average Bonchev–Trinajstić information content (AvgIpc) is 3.17. The number of nitrogens with zero attached hydrogens (tertiary/aromatic N) is 1. The minimum atomic E-state index is -5.10. The molecule has 3 N–H and O–H groups in total. The molecule has 4 aromatic rings. The lowest BCUT2D eigenvalue weighted by Crippen LogP contribution is -2.50. The normalized spacial score (nSPS) is 12.7. The van der Waals surface area contributed by atoms with E-state index in [1.807, 2.05) is 0 Å². The third kappa shape index (κ3) is 4.97. The Balaban J connectivity index is 1.83. The number of aromatic carboxylic acids is 1. The molecule has 0 aliphatic rings. The number of pyridine rings is 1. The number of nitrogens with one attached hydrogen (secondary N) is 2. The fraction of sp³-hybridized carbons (Fsp3) is 0.231. The number of aromatic nitrogens is 2. The van der Waals surface area contributed by atoms with E-state index in [0.717, 1.165) is 0 Å². The van der Waals surface area contributed by atoms with Crippen LogP contribution in [0.25, 0.3) is 33.1 Å². The lowest BCUT2D eigenvalue weighted by Gasteiger charge is -2.23. The van der Waals surface area contributed by atoms with E-state index in [0.29, 0.717) is 27.5 Å². The lowest BCUT2D eigenvalue weighted by molar-refractivity contribution is -0.174. The highest BCUT2D eigenvalue weighted by Gasteiger charge is 2.45. The summed E-state index contributed by atoms with van der Waals surface area (Å²) in [4.78, 5) is 51.5. The number of fused-ring (bicyclic) bond motifs is 3. The van der Waals surface area contributed by atoms with Crippen LogP contribution in [-0.4, -0.2) is 44.5 Å². The predicted octanol–water partition coefficient (Wildman–Crippen LogP) is 4.12. The van der Waals surface area contributed by atoms with Gasteiger partial charge in [0.05, 0.1) is 17.1 Å². The van der Waals surface area contributed by atoms with Crippen molar-refractivity contribution in [3.63, 3.8) is 0 Å². The van der Waals surface area contributed by atoms with Gasteiger partial charge in [-0.1, -0.05) is 44.2 Å². The topological polar surface area (TPSA) is 121 Å². The van der Waals surface area contributed by atoms with Gasteiger partial charge in [-0.3, -0.25) is 14.4 Å². The molecule has 2 heterocycles. The molecule has 0 fully saturated rings. The van der Waals surface area contributed by atoms with Crippen molar-refractivity contribution in [1.29, 1.82) is 0 Å². The number of alkyl halides is 3. The first-order valence-electron chi connectivity index (χ1n) is 11.3. The van der Waals surface area contributed by atoms with E-state index in [4.69, 9.17) is 0 Å². The molecular formula is C26H22F3N3O5. The molecule has 2 aromatic carbocycles. The largest absolute Gasteiger partial charge is 0.477 e. The van der Waals surface area contributed by atoms with E-state index < -0.39 is 53.3 Å². The molecule has 2 aromatic heterocycles. The average molecular weight is 513 g/mol. The van der Waals surface area contributed by atoms with Crippen LogP contribution in [-0.2, 0) is 16.1 Å². The van der Waals surface area contributed by atoms with Gasteiger partial charge in [-0.25, -0.2) is 4.79 Å². The van der Waals surface area contributed by atoms with Gasteiger partial charge in [0.25, 0.3) is 5.78 Å². The van der Waals surface area contributed by atoms with Gasteiger partial charge in [-0.2, -0.15) is 13.2 Å². The number of amides is 1. The van der Waals surface area contributed by atoms with Crippen molar-refractivity contribution < 1.29 is 32.7 Å². The van der Waals surface area contributed by atoms with Crippen LogP contribution < -0.4 is 10.7 Å². The quantitative estimate of drug-likeness (QED) is 0.343. The number of carbonyl (C=O) groups excluding carboxylic acids is 2. The molecule has 4 rings (SSSR count). The maximum atomic E-state index is 13.0. The van der Waals surface area contributed by atoms with Crippen molar-refractivity contribution in [3.8, 4) is 11.3 Å². The summed E-state index contributed by atoms with van der Waals surface area (Å²) >= 11 is 0. The Labute approximate surface area is 207 Å². The molecular weight excluding hydrogens is 491 g/mol. The SMILES string of the molecule is CC(C)C(NC(=O)Cn1cc2[nH]c3c(C(=O)O)c(=O)ccc3c2cc1-c1ccccc1)C(=O)C(F)(F)F. The number of carboxylic acids is 1. The number of halogens is 3. The molecule has 0 bridgehead atoms. The van der Waals surface area contributed by atoms with Gasteiger partial charge < -0.3 is 20.0 Å². The van der Waals surface area contributed by atoms with Gasteiger partial charge in [0, 0.05) is 22.7 Å². The van der Waals surface area contributed by atoms with E-state index in [1.165, 1.54) is 36.7 Å². The third-order valence-electron chi connectivity index (χ3n) is 6.02. The number of carbonyl (C=O) groups is 3. The third-order valence-corrected chi connectivity index (χ3v) is 6.02. The summed E-state index contributed by atoms with van der Waals surface area (Å²) in [5.74, 6) is -5.05. The number of hydrogen-bond donors (Lipinski definition) is 3. The van der Waals surface area contributed by atoms with Crippen LogP contribution in [0.2, 0.25) is 0 Å². The van der Waals surface area contributed by atoms with Gasteiger partial charge in [-0.05, 0) is 29.7 Å². The summed E-state index contributed by atoms with van der Waals surface area (Å²) in [6, 6.07) is 11.5. The summed E-state index contributed by atoms with van der Waals surface area (Å²) in [5.41, 5.74) is 0.614. The van der Waals surface area contributed by atoms with Crippen molar-refractivity contribution in [2.45, 2.75) is 32.6 Å². The molecule has 8 nitrogen and oxygen atoms in total. The minimum absolute atomic E-state index is 0.117. The molecule has 11 heteroatoms. The fourth-order valence-electron chi connectivity index (χ4n) is 4.27. The second kappa shape index (κ2) is 9.57. The maximum Gasteiger partial charge on any atom is 0.452 e. The molecule has 192 valence electrons. The summed E-state index contributed by atoms with van der Waals surface area (Å²) in [6.45, 7) is 2.37. The molecule has 0 saturated carbocycles. The molecule has 0 radical (unpaired) electrons. The first kappa shape index (κ1) is 25.7. The molecule has 0 aliphatic heterocycles. The van der Waals surface area contributed by atoms with Crippen molar-refractivity contribution in [1.82, 2.24) is 14.9 Å². The second-order valence-electron chi connectivity index (χ2n) is 8.92. The Hall–Kier alpha value is -4.41. The Morgan fingerprint density at radius 2 is 1.73 bits per heavy atom. The van der Waals surface area contributed by atoms with Crippen LogP contribution in [0.3, 0.4) is 0 Å². The van der Waals surface area contributed by atoms with E-state index in [1.54, 1.807) is 36.4 Å². The maximum absolute atomic E-state index is 13.0. The fourth-order valence-corrected chi connectivity index (χ4v) is 4.27. The van der Waals surface area contributed by atoms with Crippen LogP contribution in [0.15, 0.2) is 59.5 Å². The highest BCUT2D eigenvalue weighted by molar-refractivity contribution is 6.14. The standard InChI is InChI=1S/C26H22F3N3O5/c1-13(2)22(24(35)26(27,28)29)31-20(34)12-32-11-17-16(10-18(32)14-6-4-3-5-7-14)15-8-9-19(33)21(25(36)37)23(15)30-17/h3-11,13,22,30H,12H2,1-2H3,(H,31,34)(H,36,37). The number of benzene rings is 2. The Bertz CT molecular complexity index is 1590. The molecule has 0 aliphatic carbocycles.